The number of aliphatic hydroxyl groups is 1. The van der Waals surface area contributed by atoms with Gasteiger partial charge in [-0.2, -0.15) is 0 Å². The Morgan fingerprint density at radius 2 is 2.17 bits per heavy atom. The van der Waals surface area contributed by atoms with E-state index in [1.54, 1.807) is 0 Å². The van der Waals surface area contributed by atoms with Crippen LogP contribution in [0.1, 0.15) is 33.1 Å². The van der Waals surface area contributed by atoms with Crippen LogP contribution in [0.4, 0.5) is 0 Å². The van der Waals surface area contributed by atoms with E-state index < -0.39 is 5.97 Å². The Hall–Kier alpha value is -0.830. The van der Waals surface area contributed by atoms with Crippen LogP contribution in [0.5, 0.6) is 0 Å². The van der Waals surface area contributed by atoms with Crippen LogP contribution in [-0.4, -0.2) is 22.3 Å². The number of allylic oxidation sites excluding steroid dienone is 1. The van der Waals surface area contributed by atoms with Gasteiger partial charge in [-0.3, -0.25) is 4.79 Å². The van der Waals surface area contributed by atoms with Crippen LogP contribution in [0.15, 0.2) is 11.6 Å². The third-order valence-electron chi connectivity index (χ3n) is 1.55. The average molecular weight is 172 g/mol. The van der Waals surface area contributed by atoms with Crippen LogP contribution in [0.3, 0.4) is 0 Å². The monoisotopic (exact) mass is 172 g/mol. The minimum absolute atomic E-state index is 0.149. The van der Waals surface area contributed by atoms with Crippen LogP contribution in [0.2, 0.25) is 0 Å². The molecule has 0 spiro atoms. The van der Waals surface area contributed by atoms with Crippen molar-refractivity contribution in [3.63, 3.8) is 0 Å². The highest BCUT2D eigenvalue weighted by atomic mass is 16.4. The minimum atomic E-state index is -0.833. The number of hydrogen-bond donors (Lipinski definition) is 2. The highest BCUT2D eigenvalue weighted by molar-refractivity contribution is 5.62. The van der Waals surface area contributed by atoms with E-state index in [0.717, 1.165) is 19.8 Å². The molecule has 0 heterocycles. The highest BCUT2D eigenvalue weighted by Crippen LogP contribution is 2.16. The molecule has 1 atom stereocenters. The molecule has 0 saturated heterocycles. The molecule has 3 heteroatoms. The lowest BCUT2D eigenvalue weighted by Crippen LogP contribution is -2.07. The van der Waals surface area contributed by atoms with Crippen LogP contribution >= 0.6 is 0 Å². The second-order valence-corrected chi connectivity index (χ2v) is 2.99. The quantitative estimate of drug-likeness (QED) is 0.545. The van der Waals surface area contributed by atoms with Crippen LogP contribution in [0.25, 0.3) is 0 Å². The molecule has 0 aromatic heterocycles. The smallest absolute Gasteiger partial charge is 0.300 e. The van der Waals surface area contributed by atoms with Gasteiger partial charge in [0.1, 0.15) is 0 Å². The van der Waals surface area contributed by atoms with Crippen LogP contribution < -0.4 is 0 Å². The van der Waals surface area contributed by atoms with E-state index in [4.69, 9.17) is 15.0 Å². The predicted octanol–water partition coefficient (Wildman–Crippen LogP) is 1.57. The Morgan fingerprint density at radius 1 is 1.67 bits per heavy atom. The van der Waals surface area contributed by atoms with Gasteiger partial charge in [0.25, 0.3) is 5.97 Å². The Labute approximate surface area is 72.7 Å². The topological polar surface area (TPSA) is 57.5 Å². The van der Waals surface area contributed by atoms with Crippen molar-refractivity contribution in [3.05, 3.63) is 11.6 Å². The second-order valence-electron chi connectivity index (χ2n) is 2.99. The normalized spacial score (nSPS) is 21.9. The van der Waals surface area contributed by atoms with Crippen molar-refractivity contribution in [3.8, 4) is 0 Å². The first-order valence-corrected chi connectivity index (χ1v) is 4.07. The first-order chi connectivity index (χ1) is 5.52. The van der Waals surface area contributed by atoms with Crippen LogP contribution in [0, 0.1) is 0 Å². The van der Waals surface area contributed by atoms with Gasteiger partial charge in [0.2, 0.25) is 0 Å². The van der Waals surface area contributed by atoms with E-state index in [1.807, 2.05) is 6.08 Å². The zero-order chi connectivity index (χ0) is 9.56. The summed E-state index contributed by atoms with van der Waals surface area (Å²) in [6.07, 6.45) is 5.09. The van der Waals surface area contributed by atoms with Gasteiger partial charge in [0.05, 0.1) is 6.10 Å². The highest BCUT2D eigenvalue weighted by Gasteiger charge is 2.05. The maximum Gasteiger partial charge on any atom is 0.300 e. The van der Waals surface area contributed by atoms with Crippen molar-refractivity contribution in [2.45, 2.75) is 39.2 Å². The second kappa shape index (κ2) is 5.77. The maximum atomic E-state index is 9.00. The first-order valence-electron chi connectivity index (χ1n) is 4.07. The molecule has 1 rings (SSSR count). The van der Waals surface area contributed by atoms with Gasteiger partial charge in [-0.05, 0) is 26.2 Å². The molecule has 0 aromatic rings. The van der Waals surface area contributed by atoms with Gasteiger partial charge >= 0.3 is 0 Å². The van der Waals surface area contributed by atoms with Crippen molar-refractivity contribution < 1.29 is 15.0 Å². The number of hydrogen-bond acceptors (Lipinski definition) is 2. The Bertz CT molecular complexity index is 169. The fraction of sp³-hybridized carbons (Fsp3) is 0.667. The summed E-state index contributed by atoms with van der Waals surface area (Å²) in [6, 6.07) is 0. The number of aliphatic hydroxyl groups excluding tert-OH is 1. The standard InChI is InChI=1S/C7H12O.C2H4O2/c1-6-3-2-4-7(8)5-6;1-2(3)4/h5,7-8H,2-4H2,1H3;1H3,(H,3,4). The van der Waals surface area contributed by atoms with E-state index >= 15 is 0 Å². The van der Waals surface area contributed by atoms with Crippen LogP contribution in [-0.2, 0) is 4.79 Å². The fourth-order valence-electron chi connectivity index (χ4n) is 1.09. The molecule has 70 valence electrons. The van der Waals surface area contributed by atoms with Crippen molar-refractivity contribution in [1.29, 1.82) is 0 Å². The lowest BCUT2D eigenvalue weighted by Gasteiger charge is -2.12. The SMILES string of the molecule is CC(=O)O.CC1=CC(O)CCC1. The molecule has 1 aliphatic carbocycles. The zero-order valence-electron chi connectivity index (χ0n) is 7.58. The maximum absolute atomic E-state index is 9.00. The summed E-state index contributed by atoms with van der Waals surface area (Å²) in [6.45, 7) is 3.16. The molecule has 0 aliphatic heterocycles. The van der Waals surface area contributed by atoms with E-state index in [-0.39, 0.29) is 6.10 Å². The Morgan fingerprint density at radius 3 is 2.42 bits per heavy atom. The Balaban J connectivity index is 0.000000261. The molecule has 0 bridgehead atoms. The van der Waals surface area contributed by atoms with Gasteiger partial charge < -0.3 is 10.2 Å². The van der Waals surface area contributed by atoms with Crippen molar-refractivity contribution >= 4 is 5.97 Å². The largest absolute Gasteiger partial charge is 0.481 e. The third kappa shape index (κ3) is 7.28. The van der Waals surface area contributed by atoms with Crippen molar-refractivity contribution in [2.24, 2.45) is 0 Å². The van der Waals surface area contributed by atoms with Gasteiger partial charge in [0.15, 0.2) is 0 Å². The van der Waals surface area contributed by atoms with Gasteiger partial charge in [0, 0.05) is 6.92 Å². The number of rotatable bonds is 0. The Kier molecular flexibility index (Phi) is 5.37. The molecular formula is C9H16O3. The number of carbonyl (C=O) groups is 1. The lowest BCUT2D eigenvalue weighted by molar-refractivity contribution is -0.134. The molecule has 0 amide bonds. The van der Waals surface area contributed by atoms with Crippen molar-refractivity contribution in [1.82, 2.24) is 0 Å². The summed E-state index contributed by atoms with van der Waals surface area (Å²) in [5.41, 5.74) is 1.34. The summed E-state index contributed by atoms with van der Waals surface area (Å²) in [5, 5.41) is 16.4. The average Bonchev–Trinajstić information content (AvgIpc) is 1.84. The molecule has 0 radical (unpaired) electrons. The fourth-order valence-corrected chi connectivity index (χ4v) is 1.09. The number of carboxylic acids is 1. The molecule has 1 unspecified atom stereocenters. The third-order valence-corrected chi connectivity index (χ3v) is 1.55. The predicted molar refractivity (Wildman–Crippen MR) is 46.9 cm³/mol. The van der Waals surface area contributed by atoms with E-state index in [2.05, 4.69) is 6.92 Å². The molecule has 1 aliphatic rings. The van der Waals surface area contributed by atoms with Gasteiger partial charge in [-0.1, -0.05) is 11.6 Å². The molecule has 2 N–H and O–H groups in total. The summed E-state index contributed by atoms with van der Waals surface area (Å²) >= 11 is 0. The summed E-state index contributed by atoms with van der Waals surface area (Å²) in [4.78, 5) is 9.00. The molecule has 0 aromatic carbocycles. The van der Waals surface area contributed by atoms with E-state index in [1.165, 1.54) is 12.0 Å². The molecule has 3 nitrogen and oxygen atoms in total. The number of aliphatic carboxylic acids is 1. The van der Waals surface area contributed by atoms with E-state index in [9.17, 15) is 0 Å². The molecule has 12 heavy (non-hydrogen) atoms. The lowest BCUT2D eigenvalue weighted by atomic mass is 9.99. The summed E-state index contributed by atoms with van der Waals surface area (Å²) < 4.78 is 0. The zero-order valence-corrected chi connectivity index (χ0v) is 7.58. The van der Waals surface area contributed by atoms with Crippen molar-refractivity contribution in [2.75, 3.05) is 0 Å². The molecule has 0 fully saturated rings. The molecular weight excluding hydrogens is 156 g/mol. The summed E-state index contributed by atoms with van der Waals surface area (Å²) in [7, 11) is 0. The summed E-state index contributed by atoms with van der Waals surface area (Å²) in [5.74, 6) is -0.833. The minimum Gasteiger partial charge on any atom is -0.481 e. The van der Waals surface area contributed by atoms with Gasteiger partial charge in [-0.25, -0.2) is 0 Å². The van der Waals surface area contributed by atoms with E-state index in [0.29, 0.717) is 0 Å². The molecule has 0 saturated carbocycles. The first kappa shape index (κ1) is 11.2. The van der Waals surface area contributed by atoms with Gasteiger partial charge in [-0.15, -0.1) is 0 Å². The number of carboxylic acid groups (broad SMARTS) is 1.